The number of halogens is 1. The third-order valence-corrected chi connectivity index (χ3v) is 4.06. The molecule has 1 heterocycles. The third-order valence-electron chi connectivity index (χ3n) is 2.68. The molecule has 0 spiro atoms. The Morgan fingerprint density at radius 3 is 2.78 bits per heavy atom. The molecule has 0 saturated heterocycles. The Balaban J connectivity index is 1.86. The molecule has 0 aliphatic carbocycles. The van der Waals surface area contributed by atoms with Crippen LogP contribution < -0.4 is 10.2 Å². The fourth-order valence-corrected chi connectivity index (χ4v) is 2.50. The molecule has 1 aromatic carbocycles. The van der Waals surface area contributed by atoms with Crippen molar-refractivity contribution in [3.8, 4) is 5.75 Å². The third kappa shape index (κ3) is 5.15. The maximum absolute atomic E-state index is 11.9. The Labute approximate surface area is 144 Å². The van der Waals surface area contributed by atoms with Crippen molar-refractivity contribution < 1.29 is 14.5 Å². The van der Waals surface area contributed by atoms with Gasteiger partial charge in [0.05, 0.1) is 21.4 Å². The average Bonchev–Trinajstić information content (AvgIpc) is 2.98. The van der Waals surface area contributed by atoms with Crippen LogP contribution in [0.25, 0.3) is 0 Å². The van der Waals surface area contributed by atoms with Gasteiger partial charge in [-0.2, -0.15) is 5.10 Å². The fraction of sp³-hybridized carbons (Fsp3) is 0.143. The van der Waals surface area contributed by atoms with Crippen LogP contribution in [-0.2, 0) is 4.79 Å². The first kappa shape index (κ1) is 17.1. The number of amides is 1. The number of carbonyl (C=O) groups is 1. The van der Waals surface area contributed by atoms with E-state index in [1.165, 1.54) is 17.7 Å². The summed E-state index contributed by atoms with van der Waals surface area (Å²) < 4.78 is 6.39. The van der Waals surface area contributed by atoms with Crippen LogP contribution in [0.1, 0.15) is 11.8 Å². The first-order chi connectivity index (χ1) is 11.0. The highest BCUT2D eigenvalue weighted by atomic mass is 79.9. The number of benzene rings is 1. The Morgan fingerprint density at radius 2 is 2.17 bits per heavy atom. The molecule has 120 valence electrons. The molecule has 1 atom stereocenters. The van der Waals surface area contributed by atoms with Crippen molar-refractivity contribution in [2.45, 2.75) is 13.0 Å². The van der Waals surface area contributed by atoms with E-state index in [4.69, 9.17) is 4.74 Å². The molecular weight excluding hydrogens is 386 g/mol. The second-order valence-corrected chi connectivity index (χ2v) is 6.27. The van der Waals surface area contributed by atoms with Gasteiger partial charge in [-0.25, -0.2) is 5.43 Å². The molecule has 7 nitrogen and oxygen atoms in total. The monoisotopic (exact) mass is 397 g/mol. The highest BCUT2D eigenvalue weighted by molar-refractivity contribution is 9.10. The van der Waals surface area contributed by atoms with Gasteiger partial charge < -0.3 is 4.74 Å². The smallest absolute Gasteiger partial charge is 0.280 e. The zero-order chi connectivity index (χ0) is 16.8. The highest BCUT2D eigenvalue weighted by Crippen LogP contribution is 2.19. The van der Waals surface area contributed by atoms with E-state index < -0.39 is 16.9 Å². The molecule has 0 aliphatic rings. The van der Waals surface area contributed by atoms with E-state index in [2.05, 4.69) is 26.5 Å². The van der Waals surface area contributed by atoms with Gasteiger partial charge in [-0.05, 0) is 31.2 Å². The van der Waals surface area contributed by atoms with Crippen LogP contribution >= 0.6 is 27.3 Å². The summed E-state index contributed by atoms with van der Waals surface area (Å²) in [5.74, 6) is 0.143. The maximum atomic E-state index is 11.9. The van der Waals surface area contributed by atoms with Crippen molar-refractivity contribution in [1.82, 2.24) is 5.43 Å². The van der Waals surface area contributed by atoms with Crippen molar-refractivity contribution >= 4 is 45.1 Å². The van der Waals surface area contributed by atoms with Crippen molar-refractivity contribution in [2.24, 2.45) is 5.10 Å². The second-order valence-electron chi connectivity index (χ2n) is 4.41. The number of hydrogen-bond acceptors (Lipinski definition) is 6. The summed E-state index contributed by atoms with van der Waals surface area (Å²) in [6.45, 7) is 1.60. The maximum Gasteiger partial charge on any atom is 0.280 e. The highest BCUT2D eigenvalue weighted by Gasteiger charge is 2.14. The molecule has 0 saturated carbocycles. The number of hydrogen-bond donors (Lipinski definition) is 1. The largest absolute Gasteiger partial charge is 0.481 e. The summed E-state index contributed by atoms with van der Waals surface area (Å²) >= 11 is 4.48. The topological polar surface area (TPSA) is 93.8 Å². The SMILES string of the molecule is CC(Oc1ccc(Br)cc1)C(=O)N/N=C/c1cc([N+](=O)[O-])cs1. The lowest BCUT2D eigenvalue weighted by atomic mass is 10.3. The summed E-state index contributed by atoms with van der Waals surface area (Å²) in [4.78, 5) is 22.5. The van der Waals surface area contributed by atoms with Crippen LogP contribution in [-0.4, -0.2) is 23.1 Å². The van der Waals surface area contributed by atoms with Crippen LogP contribution in [0.3, 0.4) is 0 Å². The van der Waals surface area contributed by atoms with E-state index >= 15 is 0 Å². The first-order valence-electron chi connectivity index (χ1n) is 6.44. The Bertz CT molecular complexity index is 730. The zero-order valence-electron chi connectivity index (χ0n) is 11.9. The van der Waals surface area contributed by atoms with E-state index in [0.29, 0.717) is 10.6 Å². The number of nitrogens with one attached hydrogen (secondary N) is 1. The molecular formula is C14H12BrN3O4S. The summed E-state index contributed by atoms with van der Waals surface area (Å²) in [6.07, 6.45) is 0.619. The zero-order valence-corrected chi connectivity index (χ0v) is 14.3. The Hall–Kier alpha value is -2.26. The fourth-order valence-electron chi connectivity index (χ4n) is 1.53. The van der Waals surface area contributed by atoms with Crippen LogP contribution in [0.4, 0.5) is 5.69 Å². The van der Waals surface area contributed by atoms with Crippen LogP contribution in [0.15, 0.2) is 45.3 Å². The molecule has 1 aromatic heterocycles. The summed E-state index contributed by atoms with van der Waals surface area (Å²) in [5, 5.41) is 15.7. The minimum Gasteiger partial charge on any atom is -0.481 e. The lowest BCUT2D eigenvalue weighted by molar-refractivity contribution is -0.384. The van der Waals surface area contributed by atoms with Crippen molar-refractivity contribution in [3.05, 3.63) is 55.2 Å². The van der Waals surface area contributed by atoms with E-state index in [-0.39, 0.29) is 5.69 Å². The molecule has 0 bridgehead atoms. The number of ether oxygens (including phenoxy) is 1. The van der Waals surface area contributed by atoms with Crippen molar-refractivity contribution in [3.63, 3.8) is 0 Å². The van der Waals surface area contributed by atoms with E-state index in [9.17, 15) is 14.9 Å². The lowest BCUT2D eigenvalue weighted by Crippen LogP contribution is -2.33. The van der Waals surface area contributed by atoms with E-state index in [1.54, 1.807) is 19.1 Å². The summed E-state index contributed by atoms with van der Waals surface area (Å²) in [5.41, 5.74) is 2.33. The minimum atomic E-state index is -0.731. The number of carbonyl (C=O) groups excluding carboxylic acids is 1. The van der Waals surface area contributed by atoms with E-state index in [0.717, 1.165) is 15.8 Å². The van der Waals surface area contributed by atoms with Gasteiger partial charge in [-0.1, -0.05) is 15.9 Å². The van der Waals surface area contributed by atoms with Gasteiger partial charge in [0, 0.05) is 10.5 Å². The van der Waals surface area contributed by atoms with Gasteiger partial charge in [0.15, 0.2) is 6.10 Å². The van der Waals surface area contributed by atoms with E-state index in [1.807, 2.05) is 12.1 Å². The number of hydrazone groups is 1. The second kappa shape index (κ2) is 7.84. The van der Waals surface area contributed by atoms with Gasteiger partial charge in [0.1, 0.15) is 5.75 Å². The number of rotatable bonds is 6. The van der Waals surface area contributed by atoms with Crippen LogP contribution in [0.5, 0.6) is 5.75 Å². The molecule has 0 fully saturated rings. The van der Waals surface area contributed by atoms with Gasteiger partial charge in [-0.15, -0.1) is 11.3 Å². The molecule has 9 heteroatoms. The van der Waals surface area contributed by atoms with Crippen molar-refractivity contribution in [2.75, 3.05) is 0 Å². The number of thiophene rings is 1. The average molecular weight is 398 g/mol. The molecule has 1 N–H and O–H groups in total. The normalized spacial score (nSPS) is 12.1. The molecule has 23 heavy (non-hydrogen) atoms. The molecule has 1 amide bonds. The summed E-state index contributed by atoms with van der Waals surface area (Å²) in [6, 6.07) is 8.47. The predicted octanol–water partition coefficient (Wildman–Crippen LogP) is 3.34. The molecule has 2 rings (SSSR count). The number of nitrogens with zero attached hydrogens (tertiary/aromatic N) is 2. The molecule has 2 aromatic rings. The predicted molar refractivity (Wildman–Crippen MR) is 90.9 cm³/mol. The molecule has 0 radical (unpaired) electrons. The first-order valence-corrected chi connectivity index (χ1v) is 8.11. The quantitative estimate of drug-likeness (QED) is 0.459. The standard InChI is InChI=1S/C14H12BrN3O4S/c1-9(22-12-4-2-10(15)3-5-12)14(19)17-16-7-13-6-11(8-23-13)18(20)21/h2-9H,1H3,(H,17,19)/b16-7+. The number of nitro groups is 1. The van der Waals surface area contributed by atoms with Gasteiger partial charge in [0.2, 0.25) is 0 Å². The minimum absolute atomic E-state index is 0.00489. The lowest BCUT2D eigenvalue weighted by Gasteiger charge is -2.12. The van der Waals surface area contributed by atoms with Gasteiger partial charge >= 0.3 is 0 Å². The molecule has 1 unspecified atom stereocenters. The van der Waals surface area contributed by atoms with Gasteiger partial charge in [0.25, 0.3) is 11.6 Å². The van der Waals surface area contributed by atoms with Crippen molar-refractivity contribution in [1.29, 1.82) is 0 Å². The Kier molecular flexibility index (Phi) is 5.83. The van der Waals surface area contributed by atoms with Gasteiger partial charge in [-0.3, -0.25) is 14.9 Å². The molecule has 0 aliphatic heterocycles. The van der Waals surface area contributed by atoms with Crippen LogP contribution in [0, 0.1) is 10.1 Å². The summed E-state index contributed by atoms with van der Waals surface area (Å²) in [7, 11) is 0. The van der Waals surface area contributed by atoms with Crippen LogP contribution in [0.2, 0.25) is 0 Å². The Morgan fingerprint density at radius 1 is 1.48 bits per heavy atom.